The zero-order valence-electron chi connectivity index (χ0n) is 15.7. The van der Waals surface area contributed by atoms with E-state index >= 15 is 0 Å². The number of carbonyl (C=O) groups excluding carboxylic acids is 1. The van der Waals surface area contributed by atoms with E-state index < -0.39 is 0 Å². The Kier molecular flexibility index (Phi) is 11.4. The van der Waals surface area contributed by atoms with Crippen LogP contribution >= 0.6 is 24.0 Å². The third-order valence-electron chi connectivity index (χ3n) is 4.64. The topological polar surface area (TPSA) is 63.2 Å². The third kappa shape index (κ3) is 9.63. The van der Waals surface area contributed by atoms with E-state index in [1.54, 1.807) is 7.05 Å². The predicted molar refractivity (Wildman–Crippen MR) is 111 cm³/mol. The number of carbonyl (C=O) groups is 1. The molecule has 0 aromatic carbocycles. The summed E-state index contributed by atoms with van der Waals surface area (Å²) in [6.07, 6.45) is 8.48. The minimum atomic E-state index is -0.0690. The number of ether oxygens (including phenoxy) is 2. The lowest BCUT2D eigenvalue weighted by Gasteiger charge is -2.22. The third-order valence-corrected chi connectivity index (χ3v) is 4.64. The molecule has 0 bridgehead atoms. The number of hydrogen-bond donors (Lipinski definition) is 1. The number of nitrogens with one attached hydrogen (secondary N) is 1. The Morgan fingerprint density at radius 3 is 2.60 bits per heavy atom. The molecule has 0 heterocycles. The standard InChI is InChI=1S/C18H33N3O3.HI/c1-19-18(21(2)12-13-23-14-15-9-10-15)20-11-5-8-17(22)24-16-6-3-4-7-16;/h15-16H,3-14H2,1-2H3,(H,19,20);1H. The van der Waals surface area contributed by atoms with Gasteiger partial charge >= 0.3 is 5.97 Å². The van der Waals surface area contributed by atoms with Crippen molar-refractivity contribution in [1.29, 1.82) is 0 Å². The maximum absolute atomic E-state index is 11.8. The molecule has 0 saturated heterocycles. The number of guanidine groups is 1. The number of esters is 1. The molecule has 0 unspecified atom stereocenters. The molecule has 6 nitrogen and oxygen atoms in total. The summed E-state index contributed by atoms with van der Waals surface area (Å²) in [5.41, 5.74) is 0. The van der Waals surface area contributed by atoms with Crippen LogP contribution in [0.5, 0.6) is 0 Å². The van der Waals surface area contributed by atoms with Crippen molar-refractivity contribution >= 4 is 35.9 Å². The fourth-order valence-electron chi connectivity index (χ4n) is 2.91. The molecule has 25 heavy (non-hydrogen) atoms. The molecule has 0 aromatic heterocycles. The molecule has 0 aromatic rings. The van der Waals surface area contributed by atoms with Crippen molar-refractivity contribution in [2.75, 3.05) is 40.4 Å². The van der Waals surface area contributed by atoms with Gasteiger partial charge in [-0.3, -0.25) is 9.79 Å². The van der Waals surface area contributed by atoms with Crippen molar-refractivity contribution in [3.05, 3.63) is 0 Å². The Morgan fingerprint density at radius 1 is 1.24 bits per heavy atom. The monoisotopic (exact) mass is 467 g/mol. The van der Waals surface area contributed by atoms with Crippen molar-refractivity contribution in [2.45, 2.75) is 57.5 Å². The van der Waals surface area contributed by atoms with Crippen LogP contribution in [-0.4, -0.2) is 63.3 Å². The van der Waals surface area contributed by atoms with E-state index in [2.05, 4.69) is 15.2 Å². The molecule has 0 aliphatic heterocycles. The molecule has 0 amide bonds. The summed E-state index contributed by atoms with van der Waals surface area (Å²) in [6, 6.07) is 0. The zero-order chi connectivity index (χ0) is 17.2. The van der Waals surface area contributed by atoms with Gasteiger partial charge < -0.3 is 19.7 Å². The van der Waals surface area contributed by atoms with Gasteiger partial charge in [-0.05, 0) is 50.9 Å². The van der Waals surface area contributed by atoms with Crippen molar-refractivity contribution in [1.82, 2.24) is 10.2 Å². The van der Waals surface area contributed by atoms with E-state index in [1.807, 2.05) is 7.05 Å². The van der Waals surface area contributed by atoms with Gasteiger partial charge in [-0.1, -0.05) is 0 Å². The lowest BCUT2D eigenvalue weighted by Crippen LogP contribution is -2.41. The quantitative estimate of drug-likeness (QED) is 0.176. The summed E-state index contributed by atoms with van der Waals surface area (Å²) in [6.45, 7) is 3.15. The average molecular weight is 467 g/mol. The van der Waals surface area contributed by atoms with Crippen LogP contribution < -0.4 is 5.32 Å². The highest BCUT2D eigenvalue weighted by Gasteiger charge is 2.21. The normalized spacial score (nSPS) is 17.9. The lowest BCUT2D eigenvalue weighted by atomic mass is 10.3. The second kappa shape index (κ2) is 12.7. The highest BCUT2D eigenvalue weighted by atomic mass is 127. The van der Waals surface area contributed by atoms with Gasteiger partial charge in [0.15, 0.2) is 5.96 Å². The molecule has 2 saturated carbocycles. The molecule has 0 radical (unpaired) electrons. The molecule has 146 valence electrons. The summed E-state index contributed by atoms with van der Waals surface area (Å²) >= 11 is 0. The van der Waals surface area contributed by atoms with Crippen LogP contribution in [0.2, 0.25) is 0 Å². The molecular formula is C18H34IN3O3. The first-order valence-electron chi connectivity index (χ1n) is 9.38. The highest BCUT2D eigenvalue weighted by molar-refractivity contribution is 14.0. The van der Waals surface area contributed by atoms with E-state index in [-0.39, 0.29) is 36.0 Å². The Labute approximate surface area is 169 Å². The van der Waals surface area contributed by atoms with Crippen LogP contribution in [0, 0.1) is 5.92 Å². The molecule has 0 atom stereocenters. The van der Waals surface area contributed by atoms with E-state index in [4.69, 9.17) is 9.47 Å². The van der Waals surface area contributed by atoms with Gasteiger partial charge in [0, 0.05) is 40.2 Å². The van der Waals surface area contributed by atoms with Gasteiger partial charge in [-0.2, -0.15) is 0 Å². The SMILES string of the molecule is CN=C(NCCCC(=O)OC1CCCC1)N(C)CCOCC1CC1.I. The Balaban J connectivity index is 0.00000312. The molecule has 7 heteroatoms. The van der Waals surface area contributed by atoms with Gasteiger partial charge in [0.1, 0.15) is 6.10 Å². The molecular weight excluding hydrogens is 433 g/mol. The summed E-state index contributed by atoms with van der Waals surface area (Å²) in [4.78, 5) is 18.1. The van der Waals surface area contributed by atoms with Crippen LogP contribution in [0.4, 0.5) is 0 Å². The van der Waals surface area contributed by atoms with E-state index in [0.29, 0.717) is 6.42 Å². The fraction of sp³-hybridized carbons (Fsp3) is 0.889. The zero-order valence-corrected chi connectivity index (χ0v) is 18.0. The van der Waals surface area contributed by atoms with Crippen LogP contribution in [0.1, 0.15) is 51.4 Å². The number of rotatable bonds is 10. The Morgan fingerprint density at radius 2 is 1.96 bits per heavy atom. The first kappa shape index (κ1) is 22.5. The number of hydrogen-bond acceptors (Lipinski definition) is 4. The maximum atomic E-state index is 11.8. The minimum Gasteiger partial charge on any atom is -0.462 e. The second-order valence-corrected chi connectivity index (χ2v) is 6.91. The van der Waals surface area contributed by atoms with Crippen LogP contribution in [0.25, 0.3) is 0 Å². The fourth-order valence-corrected chi connectivity index (χ4v) is 2.91. The number of nitrogens with zero attached hydrogens (tertiary/aromatic N) is 2. The van der Waals surface area contributed by atoms with Gasteiger partial charge in [-0.15, -0.1) is 24.0 Å². The van der Waals surface area contributed by atoms with E-state index in [0.717, 1.165) is 57.4 Å². The molecule has 0 spiro atoms. The first-order valence-corrected chi connectivity index (χ1v) is 9.38. The largest absolute Gasteiger partial charge is 0.462 e. The summed E-state index contributed by atoms with van der Waals surface area (Å²) in [5, 5.41) is 3.29. The van der Waals surface area contributed by atoms with Gasteiger partial charge in [0.05, 0.1) is 6.61 Å². The van der Waals surface area contributed by atoms with Crippen molar-refractivity contribution in [3.8, 4) is 0 Å². The Hall–Kier alpha value is -0.570. The van der Waals surface area contributed by atoms with Gasteiger partial charge in [0.25, 0.3) is 0 Å². The van der Waals surface area contributed by atoms with E-state index in [9.17, 15) is 4.79 Å². The molecule has 2 rings (SSSR count). The minimum absolute atomic E-state index is 0. The highest BCUT2D eigenvalue weighted by Crippen LogP contribution is 2.28. The number of halogens is 1. The predicted octanol–water partition coefficient (Wildman–Crippen LogP) is 2.80. The van der Waals surface area contributed by atoms with Crippen molar-refractivity contribution < 1.29 is 14.3 Å². The summed E-state index contributed by atoms with van der Waals surface area (Å²) in [7, 11) is 3.78. The average Bonchev–Trinajstić information content (AvgIpc) is 3.26. The van der Waals surface area contributed by atoms with Crippen LogP contribution in [0.15, 0.2) is 4.99 Å². The number of likely N-dealkylation sites (N-methyl/N-ethyl adjacent to an activating group) is 1. The Bertz CT molecular complexity index is 410. The molecule has 1 N–H and O–H groups in total. The molecule has 2 fully saturated rings. The van der Waals surface area contributed by atoms with E-state index in [1.165, 1.54) is 25.7 Å². The van der Waals surface area contributed by atoms with Gasteiger partial charge in [0.2, 0.25) is 0 Å². The lowest BCUT2D eigenvalue weighted by molar-refractivity contribution is -0.148. The van der Waals surface area contributed by atoms with Crippen LogP contribution in [0.3, 0.4) is 0 Å². The first-order chi connectivity index (χ1) is 11.7. The van der Waals surface area contributed by atoms with Crippen molar-refractivity contribution in [3.63, 3.8) is 0 Å². The number of aliphatic imine (C=N–C) groups is 1. The van der Waals surface area contributed by atoms with Crippen molar-refractivity contribution in [2.24, 2.45) is 10.9 Å². The molecule has 2 aliphatic rings. The summed E-state index contributed by atoms with van der Waals surface area (Å²) < 4.78 is 11.1. The molecule has 2 aliphatic carbocycles. The van der Waals surface area contributed by atoms with Gasteiger partial charge in [-0.25, -0.2) is 0 Å². The summed E-state index contributed by atoms with van der Waals surface area (Å²) in [5.74, 6) is 1.58. The maximum Gasteiger partial charge on any atom is 0.306 e. The smallest absolute Gasteiger partial charge is 0.306 e. The van der Waals surface area contributed by atoms with Crippen LogP contribution in [-0.2, 0) is 14.3 Å². The second-order valence-electron chi connectivity index (χ2n) is 6.91.